The molecule has 0 aliphatic carbocycles. The van der Waals surface area contributed by atoms with Crippen molar-refractivity contribution in [3.63, 3.8) is 0 Å². The van der Waals surface area contributed by atoms with Crippen molar-refractivity contribution < 1.29 is 9.53 Å². The summed E-state index contributed by atoms with van der Waals surface area (Å²) in [5.74, 6) is -0.415. The second kappa shape index (κ2) is 5.90. The third-order valence-corrected chi connectivity index (χ3v) is 4.64. The Labute approximate surface area is 149 Å². The molecule has 3 nitrogen and oxygen atoms in total. The van der Waals surface area contributed by atoms with Gasteiger partial charge >= 0.3 is 5.97 Å². The van der Waals surface area contributed by atoms with E-state index in [1.807, 2.05) is 6.07 Å². The number of hydrogen-bond acceptors (Lipinski definition) is 3. The van der Waals surface area contributed by atoms with Crippen molar-refractivity contribution in [3.05, 3.63) is 56.5 Å². The molecular weight excluding hydrogens is 357 g/mol. The van der Waals surface area contributed by atoms with Gasteiger partial charge in [-0.1, -0.05) is 54.7 Å². The van der Waals surface area contributed by atoms with E-state index in [1.54, 1.807) is 12.1 Å². The first-order chi connectivity index (χ1) is 10.8. The Morgan fingerprint density at radius 1 is 1.13 bits per heavy atom. The number of carbonyl (C=O) groups excluding carboxylic acids is 1. The summed E-state index contributed by atoms with van der Waals surface area (Å²) in [7, 11) is 0. The zero-order valence-corrected chi connectivity index (χ0v) is 14.8. The third kappa shape index (κ3) is 3.14. The fourth-order valence-corrected chi connectivity index (χ4v) is 3.49. The van der Waals surface area contributed by atoms with Crippen molar-refractivity contribution >= 4 is 46.5 Å². The van der Waals surface area contributed by atoms with Gasteiger partial charge in [-0.25, -0.2) is 4.79 Å². The van der Waals surface area contributed by atoms with Crippen LogP contribution in [0.25, 0.3) is 0 Å². The Morgan fingerprint density at radius 2 is 1.78 bits per heavy atom. The minimum absolute atomic E-state index is 0.0422. The molecule has 2 aromatic rings. The smallest absolute Gasteiger partial charge is 0.343 e. The van der Waals surface area contributed by atoms with Crippen LogP contribution in [0.2, 0.25) is 15.1 Å². The number of carbonyl (C=O) groups is 1. The highest BCUT2D eigenvalue weighted by Gasteiger charge is 2.30. The van der Waals surface area contributed by atoms with Crippen molar-refractivity contribution in [1.82, 2.24) is 0 Å². The molecular formula is C17H14Cl3NO2. The SMILES string of the molecule is CC1(C)CNc2cc(C(=O)Oc3c(Cl)cc(Cl)cc3Cl)ccc21. The lowest BCUT2D eigenvalue weighted by atomic mass is 9.86. The Balaban J connectivity index is 1.88. The Morgan fingerprint density at radius 3 is 2.43 bits per heavy atom. The molecule has 0 bridgehead atoms. The fourth-order valence-electron chi connectivity index (χ4n) is 2.60. The van der Waals surface area contributed by atoms with Crippen LogP contribution in [-0.4, -0.2) is 12.5 Å². The Bertz CT molecular complexity index is 779. The van der Waals surface area contributed by atoms with Gasteiger partial charge in [-0.2, -0.15) is 0 Å². The van der Waals surface area contributed by atoms with E-state index in [9.17, 15) is 4.79 Å². The lowest BCUT2D eigenvalue weighted by molar-refractivity contribution is 0.0735. The molecule has 0 unspecified atom stereocenters. The third-order valence-electron chi connectivity index (χ3n) is 3.86. The van der Waals surface area contributed by atoms with Gasteiger partial charge in [0.2, 0.25) is 0 Å². The van der Waals surface area contributed by atoms with Crippen molar-refractivity contribution in [2.24, 2.45) is 0 Å². The minimum atomic E-state index is -0.523. The predicted molar refractivity (Wildman–Crippen MR) is 94.4 cm³/mol. The Kier molecular flexibility index (Phi) is 4.21. The standard InChI is InChI=1S/C17H14Cl3NO2/c1-17(2)8-21-14-5-9(3-4-11(14)17)16(22)23-15-12(19)6-10(18)7-13(15)20/h3-7,21H,8H2,1-2H3. The summed E-state index contributed by atoms with van der Waals surface area (Å²) in [6, 6.07) is 8.42. The van der Waals surface area contributed by atoms with Gasteiger partial charge in [-0.05, 0) is 29.8 Å². The number of esters is 1. The first-order valence-corrected chi connectivity index (χ1v) is 8.16. The highest BCUT2D eigenvalue weighted by Crippen LogP contribution is 2.38. The molecule has 0 radical (unpaired) electrons. The zero-order valence-electron chi connectivity index (χ0n) is 12.5. The van der Waals surface area contributed by atoms with E-state index in [-0.39, 0.29) is 21.2 Å². The normalized spacial score (nSPS) is 15.0. The molecule has 0 amide bonds. The molecule has 23 heavy (non-hydrogen) atoms. The average Bonchev–Trinajstić information content (AvgIpc) is 2.78. The number of ether oxygens (including phenoxy) is 1. The van der Waals surface area contributed by atoms with E-state index in [2.05, 4.69) is 19.2 Å². The predicted octanol–water partition coefficient (Wildman–Crippen LogP) is 5.57. The number of hydrogen-bond donors (Lipinski definition) is 1. The minimum Gasteiger partial charge on any atom is -0.420 e. The van der Waals surface area contributed by atoms with Crippen LogP contribution in [0.1, 0.15) is 29.8 Å². The molecule has 1 aliphatic rings. The molecule has 1 heterocycles. The summed E-state index contributed by atoms with van der Waals surface area (Å²) >= 11 is 17.9. The van der Waals surface area contributed by atoms with Crippen LogP contribution in [-0.2, 0) is 5.41 Å². The first-order valence-electron chi connectivity index (χ1n) is 7.03. The van der Waals surface area contributed by atoms with Crippen molar-refractivity contribution in [1.29, 1.82) is 0 Å². The first kappa shape index (κ1) is 16.4. The highest BCUT2D eigenvalue weighted by molar-refractivity contribution is 6.40. The van der Waals surface area contributed by atoms with Gasteiger partial charge in [0.15, 0.2) is 5.75 Å². The maximum absolute atomic E-state index is 12.4. The molecule has 2 aromatic carbocycles. The van der Waals surface area contributed by atoms with Gasteiger partial charge in [0.25, 0.3) is 0 Å². The van der Waals surface area contributed by atoms with E-state index in [1.165, 1.54) is 17.7 Å². The molecule has 120 valence electrons. The van der Waals surface area contributed by atoms with Crippen LogP contribution in [0, 0.1) is 0 Å². The van der Waals surface area contributed by atoms with E-state index < -0.39 is 5.97 Å². The monoisotopic (exact) mass is 369 g/mol. The summed E-state index contributed by atoms with van der Waals surface area (Å²) in [5.41, 5.74) is 2.59. The molecule has 1 aliphatic heterocycles. The number of nitrogens with one attached hydrogen (secondary N) is 1. The van der Waals surface area contributed by atoms with Gasteiger partial charge in [0.05, 0.1) is 15.6 Å². The molecule has 3 rings (SSSR count). The number of benzene rings is 2. The summed E-state index contributed by atoms with van der Waals surface area (Å²) < 4.78 is 5.34. The van der Waals surface area contributed by atoms with Gasteiger partial charge in [-0.15, -0.1) is 0 Å². The zero-order chi connectivity index (χ0) is 16.8. The molecule has 0 saturated heterocycles. The van der Waals surface area contributed by atoms with Gasteiger partial charge in [0.1, 0.15) is 0 Å². The van der Waals surface area contributed by atoms with Crippen molar-refractivity contribution in [2.45, 2.75) is 19.3 Å². The maximum Gasteiger partial charge on any atom is 0.343 e. The van der Waals surface area contributed by atoms with E-state index in [0.29, 0.717) is 10.6 Å². The lowest BCUT2D eigenvalue weighted by Crippen LogP contribution is -2.18. The molecule has 0 saturated carbocycles. The highest BCUT2D eigenvalue weighted by atomic mass is 35.5. The molecule has 0 aromatic heterocycles. The van der Waals surface area contributed by atoms with E-state index in [0.717, 1.165) is 12.2 Å². The van der Waals surface area contributed by atoms with E-state index >= 15 is 0 Å². The average molecular weight is 371 g/mol. The second-order valence-corrected chi connectivity index (χ2v) is 7.34. The molecule has 0 atom stereocenters. The van der Waals surface area contributed by atoms with Crippen molar-refractivity contribution in [2.75, 3.05) is 11.9 Å². The summed E-state index contributed by atoms with van der Waals surface area (Å²) in [6.07, 6.45) is 0. The van der Waals surface area contributed by atoms with Gasteiger partial charge < -0.3 is 10.1 Å². The maximum atomic E-state index is 12.4. The molecule has 0 spiro atoms. The molecule has 0 fully saturated rings. The van der Waals surface area contributed by atoms with Crippen LogP contribution in [0.5, 0.6) is 5.75 Å². The van der Waals surface area contributed by atoms with Crippen molar-refractivity contribution in [3.8, 4) is 5.75 Å². The lowest BCUT2D eigenvalue weighted by Gasteiger charge is -2.17. The Hall–Kier alpha value is -1.42. The second-order valence-electron chi connectivity index (χ2n) is 6.09. The number of anilines is 1. The van der Waals surface area contributed by atoms with Crippen LogP contribution in [0.3, 0.4) is 0 Å². The quantitative estimate of drug-likeness (QED) is 0.555. The summed E-state index contributed by atoms with van der Waals surface area (Å²) in [4.78, 5) is 12.4. The largest absolute Gasteiger partial charge is 0.420 e. The summed E-state index contributed by atoms with van der Waals surface area (Å²) in [5, 5.41) is 4.06. The molecule has 6 heteroatoms. The van der Waals surface area contributed by atoms with Gasteiger partial charge in [0, 0.05) is 22.7 Å². The van der Waals surface area contributed by atoms with Crippen LogP contribution in [0.15, 0.2) is 30.3 Å². The number of fused-ring (bicyclic) bond motifs is 1. The van der Waals surface area contributed by atoms with E-state index in [4.69, 9.17) is 39.5 Å². The molecule has 1 N–H and O–H groups in total. The van der Waals surface area contributed by atoms with Crippen LogP contribution < -0.4 is 10.1 Å². The van der Waals surface area contributed by atoms with Crippen LogP contribution >= 0.6 is 34.8 Å². The fraction of sp³-hybridized carbons (Fsp3) is 0.235. The topological polar surface area (TPSA) is 38.3 Å². The van der Waals surface area contributed by atoms with Gasteiger partial charge in [-0.3, -0.25) is 0 Å². The number of rotatable bonds is 2. The summed E-state index contributed by atoms with van der Waals surface area (Å²) in [6.45, 7) is 5.13. The number of halogens is 3. The van der Waals surface area contributed by atoms with Crippen LogP contribution in [0.4, 0.5) is 5.69 Å².